The van der Waals surface area contributed by atoms with Crippen LogP contribution < -0.4 is 9.62 Å². The van der Waals surface area contributed by atoms with E-state index >= 15 is 0 Å². The van der Waals surface area contributed by atoms with Crippen LogP contribution in [0.15, 0.2) is 53.0 Å². The van der Waals surface area contributed by atoms with Crippen LogP contribution in [0.5, 0.6) is 0 Å². The quantitative estimate of drug-likeness (QED) is 0.512. The second-order valence-electron chi connectivity index (χ2n) is 8.93. The third kappa shape index (κ3) is 7.06. The van der Waals surface area contributed by atoms with Gasteiger partial charge in [0.25, 0.3) is 0 Å². The molecule has 7 nitrogen and oxygen atoms in total. The Bertz CT molecular complexity index is 1130. The Morgan fingerprint density at radius 3 is 2.41 bits per heavy atom. The molecule has 34 heavy (non-hydrogen) atoms. The Morgan fingerprint density at radius 1 is 1.12 bits per heavy atom. The summed E-state index contributed by atoms with van der Waals surface area (Å²) in [6.45, 7) is 3.46. The number of amides is 2. The first-order chi connectivity index (χ1) is 16.0. The zero-order chi connectivity index (χ0) is 24.9. The monoisotopic (exact) mass is 549 g/mol. The molecule has 1 aliphatic carbocycles. The summed E-state index contributed by atoms with van der Waals surface area (Å²) in [7, 11) is -3.74. The summed E-state index contributed by atoms with van der Waals surface area (Å²) in [6, 6.07) is 13.9. The van der Waals surface area contributed by atoms with Gasteiger partial charge in [0.2, 0.25) is 21.8 Å². The average Bonchev–Trinajstić information content (AvgIpc) is 3.27. The predicted octanol–water partition coefficient (Wildman–Crippen LogP) is 4.00. The van der Waals surface area contributed by atoms with Crippen LogP contribution in [0.4, 0.5) is 5.69 Å². The van der Waals surface area contributed by atoms with Crippen molar-refractivity contribution in [1.82, 2.24) is 10.2 Å². The number of halogens is 1. The molecule has 184 valence electrons. The fourth-order valence-corrected chi connectivity index (χ4v) is 5.46. The Morgan fingerprint density at radius 2 is 1.79 bits per heavy atom. The van der Waals surface area contributed by atoms with Crippen LogP contribution in [0, 0.1) is 6.92 Å². The van der Waals surface area contributed by atoms with Crippen LogP contribution in [0.1, 0.15) is 43.7 Å². The van der Waals surface area contributed by atoms with Gasteiger partial charge in [0, 0.05) is 17.1 Å². The SMILES string of the molecule is Cc1cccc(CN(C(=O)CN(c2cccc(Br)c2)S(C)(=O)=O)C(C)C(=O)NC2CCCC2)c1. The van der Waals surface area contributed by atoms with E-state index in [9.17, 15) is 18.0 Å². The summed E-state index contributed by atoms with van der Waals surface area (Å²) >= 11 is 3.36. The standard InChI is InChI=1S/C25H32BrN3O4S/c1-18-8-6-9-20(14-18)16-28(19(2)25(31)27-22-11-4-5-12-22)24(30)17-29(34(3,32)33)23-13-7-10-21(26)15-23/h6-10,13-15,19,22H,4-5,11-12,16-17H2,1-3H3,(H,27,31). The first-order valence-corrected chi connectivity index (χ1v) is 14.1. The number of rotatable bonds is 9. The lowest BCUT2D eigenvalue weighted by Crippen LogP contribution is -2.52. The van der Waals surface area contributed by atoms with Crippen molar-refractivity contribution in [1.29, 1.82) is 0 Å². The number of carbonyl (C=O) groups excluding carboxylic acids is 2. The van der Waals surface area contributed by atoms with Crippen LogP contribution in [0.2, 0.25) is 0 Å². The molecule has 0 radical (unpaired) electrons. The normalized spacial score (nSPS) is 15.1. The number of nitrogens with one attached hydrogen (secondary N) is 1. The van der Waals surface area contributed by atoms with Crippen molar-refractivity contribution in [2.24, 2.45) is 0 Å². The molecule has 0 spiro atoms. The van der Waals surface area contributed by atoms with E-state index in [0.29, 0.717) is 10.2 Å². The fraction of sp³-hybridized carbons (Fsp3) is 0.440. The third-order valence-corrected chi connectivity index (χ3v) is 7.71. The zero-order valence-electron chi connectivity index (χ0n) is 19.8. The molecule has 1 atom stereocenters. The Balaban J connectivity index is 1.88. The highest BCUT2D eigenvalue weighted by atomic mass is 79.9. The fourth-order valence-electron chi connectivity index (χ4n) is 4.23. The number of hydrogen-bond acceptors (Lipinski definition) is 4. The molecule has 0 saturated heterocycles. The molecule has 0 bridgehead atoms. The van der Waals surface area contributed by atoms with Crippen molar-refractivity contribution in [3.8, 4) is 0 Å². The van der Waals surface area contributed by atoms with Gasteiger partial charge in [-0.1, -0.05) is 64.7 Å². The van der Waals surface area contributed by atoms with Crippen molar-refractivity contribution in [2.45, 2.75) is 58.2 Å². The first-order valence-electron chi connectivity index (χ1n) is 11.4. The predicted molar refractivity (Wildman–Crippen MR) is 138 cm³/mol. The number of hydrogen-bond donors (Lipinski definition) is 1. The lowest BCUT2D eigenvalue weighted by molar-refractivity contribution is -0.139. The second-order valence-corrected chi connectivity index (χ2v) is 11.7. The minimum atomic E-state index is -3.74. The van der Waals surface area contributed by atoms with E-state index in [-0.39, 0.29) is 18.5 Å². The largest absolute Gasteiger partial charge is 0.352 e. The molecule has 0 aromatic heterocycles. The number of benzene rings is 2. The minimum Gasteiger partial charge on any atom is -0.352 e. The van der Waals surface area contributed by atoms with Gasteiger partial charge in [-0.3, -0.25) is 13.9 Å². The molecule has 1 fully saturated rings. The summed E-state index contributed by atoms with van der Waals surface area (Å²) in [5, 5.41) is 3.06. The van der Waals surface area contributed by atoms with Crippen LogP contribution in [-0.2, 0) is 26.2 Å². The minimum absolute atomic E-state index is 0.125. The van der Waals surface area contributed by atoms with Crippen molar-refractivity contribution in [2.75, 3.05) is 17.1 Å². The molecule has 1 saturated carbocycles. The molecule has 1 aliphatic rings. The van der Waals surface area contributed by atoms with Crippen LogP contribution in [0.25, 0.3) is 0 Å². The van der Waals surface area contributed by atoms with Crippen LogP contribution >= 0.6 is 15.9 Å². The van der Waals surface area contributed by atoms with Gasteiger partial charge >= 0.3 is 0 Å². The Kier molecular flexibility index (Phi) is 8.76. The van der Waals surface area contributed by atoms with E-state index in [0.717, 1.165) is 47.4 Å². The summed E-state index contributed by atoms with van der Waals surface area (Å²) in [5.74, 6) is -0.665. The molecule has 2 aromatic rings. The Hall–Kier alpha value is -2.39. The number of sulfonamides is 1. The van der Waals surface area contributed by atoms with E-state index < -0.39 is 28.5 Å². The van der Waals surface area contributed by atoms with Gasteiger partial charge < -0.3 is 10.2 Å². The highest BCUT2D eigenvalue weighted by Crippen LogP contribution is 2.23. The lowest BCUT2D eigenvalue weighted by Gasteiger charge is -2.32. The smallest absolute Gasteiger partial charge is 0.244 e. The topological polar surface area (TPSA) is 86.8 Å². The van der Waals surface area contributed by atoms with Crippen molar-refractivity contribution in [3.05, 3.63) is 64.1 Å². The summed E-state index contributed by atoms with van der Waals surface area (Å²) < 4.78 is 27.0. The summed E-state index contributed by atoms with van der Waals surface area (Å²) in [5.41, 5.74) is 2.30. The van der Waals surface area contributed by atoms with Crippen LogP contribution in [-0.4, -0.2) is 50.0 Å². The Labute approximate surface area is 210 Å². The number of carbonyl (C=O) groups is 2. The maximum Gasteiger partial charge on any atom is 0.244 e. The molecule has 2 amide bonds. The van der Waals surface area contributed by atoms with E-state index in [1.807, 2.05) is 31.2 Å². The molecule has 3 rings (SSSR count). The molecule has 1 unspecified atom stereocenters. The number of anilines is 1. The lowest BCUT2D eigenvalue weighted by atomic mass is 10.1. The molecule has 0 heterocycles. The van der Waals surface area contributed by atoms with Crippen molar-refractivity contribution in [3.63, 3.8) is 0 Å². The molecular formula is C25H32BrN3O4S. The molecule has 1 N–H and O–H groups in total. The van der Waals surface area contributed by atoms with Gasteiger partial charge in [-0.25, -0.2) is 8.42 Å². The van der Waals surface area contributed by atoms with E-state index in [1.165, 1.54) is 4.90 Å². The average molecular weight is 551 g/mol. The van der Waals surface area contributed by atoms with Gasteiger partial charge in [-0.15, -0.1) is 0 Å². The van der Waals surface area contributed by atoms with E-state index in [2.05, 4.69) is 21.2 Å². The van der Waals surface area contributed by atoms with Gasteiger partial charge in [-0.05, 0) is 50.5 Å². The van der Waals surface area contributed by atoms with E-state index in [4.69, 9.17) is 0 Å². The molecule has 2 aromatic carbocycles. The number of nitrogens with zero attached hydrogens (tertiary/aromatic N) is 2. The van der Waals surface area contributed by atoms with Gasteiger partial charge in [0.05, 0.1) is 11.9 Å². The van der Waals surface area contributed by atoms with Gasteiger partial charge in [0.1, 0.15) is 12.6 Å². The molecule has 0 aliphatic heterocycles. The second kappa shape index (κ2) is 11.4. The van der Waals surface area contributed by atoms with Gasteiger partial charge in [0.15, 0.2) is 0 Å². The van der Waals surface area contributed by atoms with Gasteiger partial charge in [-0.2, -0.15) is 0 Å². The van der Waals surface area contributed by atoms with Crippen LogP contribution in [0.3, 0.4) is 0 Å². The first kappa shape index (κ1) is 26.2. The molecule has 9 heteroatoms. The maximum absolute atomic E-state index is 13.6. The number of aryl methyl sites for hydroxylation is 1. The summed E-state index contributed by atoms with van der Waals surface area (Å²) in [4.78, 5) is 28.1. The zero-order valence-corrected chi connectivity index (χ0v) is 22.2. The highest BCUT2D eigenvalue weighted by molar-refractivity contribution is 9.10. The van der Waals surface area contributed by atoms with E-state index in [1.54, 1.807) is 31.2 Å². The van der Waals surface area contributed by atoms with Crippen molar-refractivity contribution < 1.29 is 18.0 Å². The summed E-state index contributed by atoms with van der Waals surface area (Å²) in [6.07, 6.45) is 5.12. The molecular weight excluding hydrogens is 518 g/mol. The van der Waals surface area contributed by atoms with Crippen molar-refractivity contribution >= 4 is 43.5 Å². The third-order valence-electron chi connectivity index (χ3n) is 6.08. The highest BCUT2D eigenvalue weighted by Gasteiger charge is 2.31. The maximum atomic E-state index is 13.6.